The molecule has 0 aromatic carbocycles. The first kappa shape index (κ1) is 12.8. The normalized spacial score (nSPS) is 10.3. The van der Waals surface area contributed by atoms with E-state index in [0.717, 1.165) is 5.69 Å². The molecule has 0 atom stereocenters. The van der Waals surface area contributed by atoms with Crippen LogP contribution in [0.5, 0.6) is 0 Å². The van der Waals surface area contributed by atoms with Crippen LogP contribution in [0.3, 0.4) is 0 Å². The zero-order chi connectivity index (χ0) is 13.0. The maximum absolute atomic E-state index is 11.8. The van der Waals surface area contributed by atoms with Gasteiger partial charge >= 0.3 is 0 Å². The van der Waals surface area contributed by atoms with Gasteiger partial charge in [0, 0.05) is 24.5 Å². The summed E-state index contributed by atoms with van der Waals surface area (Å²) < 4.78 is 0. The first-order valence-electron chi connectivity index (χ1n) is 5.23. The highest BCUT2D eigenvalue weighted by Crippen LogP contribution is 2.16. The van der Waals surface area contributed by atoms with Crippen molar-refractivity contribution in [1.82, 2.24) is 15.3 Å². The molecule has 94 valence electrons. The molecule has 1 amide bonds. The van der Waals surface area contributed by atoms with Gasteiger partial charge in [0.1, 0.15) is 5.82 Å². The molecular formula is C11H11ClN4OS. The van der Waals surface area contributed by atoms with E-state index in [1.54, 1.807) is 5.51 Å². The number of rotatable bonds is 4. The number of hydrogen-bond acceptors (Lipinski definition) is 5. The van der Waals surface area contributed by atoms with E-state index in [1.165, 1.54) is 23.6 Å². The second-order valence-corrected chi connectivity index (χ2v) is 4.70. The van der Waals surface area contributed by atoms with E-state index in [1.807, 2.05) is 5.38 Å². The predicted molar refractivity (Wildman–Crippen MR) is 71.8 cm³/mol. The van der Waals surface area contributed by atoms with Crippen molar-refractivity contribution >= 4 is 34.7 Å². The lowest BCUT2D eigenvalue weighted by molar-refractivity contribution is 0.0954. The molecule has 18 heavy (non-hydrogen) atoms. The smallest absolute Gasteiger partial charge is 0.252 e. The molecule has 3 N–H and O–H groups in total. The Morgan fingerprint density at radius 2 is 2.33 bits per heavy atom. The average molecular weight is 283 g/mol. The zero-order valence-electron chi connectivity index (χ0n) is 9.39. The monoisotopic (exact) mass is 282 g/mol. The van der Waals surface area contributed by atoms with Gasteiger partial charge in [-0.3, -0.25) is 4.79 Å². The number of amides is 1. The number of aromatic nitrogens is 2. The quantitative estimate of drug-likeness (QED) is 0.895. The van der Waals surface area contributed by atoms with Crippen LogP contribution in [-0.4, -0.2) is 22.4 Å². The van der Waals surface area contributed by atoms with Crippen molar-refractivity contribution in [3.63, 3.8) is 0 Å². The highest BCUT2D eigenvalue weighted by Gasteiger charge is 2.08. The predicted octanol–water partition coefficient (Wildman–Crippen LogP) is 1.75. The largest absolute Gasteiger partial charge is 0.382 e. The highest BCUT2D eigenvalue weighted by molar-refractivity contribution is 7.07. The van der Waals surface area contributed by atoms with E-state index in [0.29, 0.717) is 18.5 Å². The third kappa shape index (κ3) is 3.18. The number of nitrogen functional groups attached to an aromatic ring is 1. The molecule has 0 aliphatic rings. The van der Waals surface area contributed by atoms with Gasteiger partial charge in [0.05, 0.1) is 21.8 Å². The Kier molecular flexibility index (Phi) is 4.11. The van der Waals surface area contributed by atoms with Crippen LogP contribution in [-0.2, 0) is 6.42 Å². The van der Waals surface area contributed by atoms with Crippen LogP contribution >= 0.6 is 22.9 Å². The SMILES string of the molecule is Nc1ncc(C(=O)NCCc2cscn2)cc1Cl. The molecule has 0 radical (unpaired) electrons. The number of hydrogen-bond donors (Lipinski definition) is 2. The number of carbonyl (C=O) groups excluding carboxylic acids is 1. The van der Waals surface area contributed by atoms with Crippen molar-refractivity contribution in [1.29, 1.82) is 0 Å². The number of thiazole rings is 1. The summed E-state index contributed by atoms with van der Waals surface area (Å²) in [5, 5.41) is 5.00. The number of nitrogens with zero attached hydrogens (tertiary/aromatic N) is 2. The summed E-state index contributed by atoms with van der Waals surface area (Å²) in [5.41, 5.74) is 8.60. The molecular weight excluding hydrogens is 272 g/mol. The maximum Gasteiger partial charge on any atom is 0.252 e. The van der Waals surface area contributed by atoms with Crippen molar-refractivity contribution in [2.24, 2.45) is 0 Å². The zero-order valence-corrected chi connectivity index (χ0v) is 11.0. The van der Waals surface area contributed by atoms with E-state index in [-0.39, 0.29) is 16.7 Å². The van der Waals surface area contributed by atoms with Crippen LogP contribution in [0, 0.1) is 0 Å². The minimum absolute atomic E-state index is 0.218. The summed E-state index contributed by atoms with van der Waals surface area (Å²) >= 11 is 7.33. The fourth-order valence-corrected chi connectivity index (χ4v) is 2.10. The van der Waals surface area contributed by atoms with Gasteiger partial charge in [-0.1, -0.05) is 11.6 Å². The first-order chi connectivity index (χ1) is 8.66. The van der Waals surface area contributed by atoms with Gasteiger partial charge in [-0.05, 0) is 6.07 Å². The van der Waals surface area contributed by atoms with Gasteiger partial charge < -0.3 is 11.1 Å². The lowest BCUT2D eigenvalue weighted by Crippen LogP contribution is -2.26. The standard InChI is InChI=1S/C11H11ClN4OS/c12-9-3-7(4-15-10(9)13)11(17)14-2-1-8-5-18-6-16-8/h3-6H,1-2H2,(H2,13,15)(H,14,17). The Morgan fingerprint density at radius 3 is 3.00 bits per heavy atom. The van der Waals surface area contributed by atoms with Gasteiger partial charge in [0.25, 0.3) is 5.91 Å². The molecule has 5 nitrogen and oxygen atoms in total. The number of nitrogens with one attached hydrogen (secondary N) is 1. The van der Waals surface area contributed by atoms with Crippen molar-refractivity contribution in [3.8, 4) is 0 Å². The third-order valence-corrected chi connectivity index (χ3v) is 3.22. The summed E-state index contributed by atoms with van der Waals surface area (Å²) in [4.78, 5) is 19.7. The number of nitrogens with two attached hydrogens (primary N) is 1. The van der Waals surface area contributed by atoms with Crippen molar-refractivity contribution in [3.05, 3.63) is 39.4 Å². The summed E-state index contributed by atoms with van der Waals surface area (Å²) in [6.07, 6.45) is 2.10. The van der Waals surface area contributed by atoms with Crippen LogP contribution in [0.25, 0.3) is 0 Å². The van der Waals surface area contributed by atoms with Crippen molar-refractivity contribution in [2.75, 3.05) is 12.3 Å². The first-order valence-corrected chi connectivity index (χ1v) is 6.55. The van der Waals surface area contributed by atoms with E-state index in [9.17, 15) is 4.79 Å². The van der Waals surface area contributed by atoms with Crippen molar-refractivity contribution in [2.45, 2.75) is 6.42 Å². The lowest BCUT2D eigenvalue weighted by atomic mass is 10.2. The van der Waals surface area contributed by atoms with Crippen LogP contribution < -0.4 is 11.1 Å². The molecule has 2 aromatic heterocycles. The summed E-state index contributed by atoms with van der Waals surface area (Å²) in [6.45, 7) is 0.518. The van der Waals surface area contributed by atoms with Crippen LogP contribution in [0.1, 0.15) is 16.1 Å². The molecule has 0 aliphatic carbocycles. The average Bonchev–Trinajstić information content (AvgIpc) is 2.85. The molecule has 0 unspecified atom stereocenters. The van der Waals surface area contributed by atoms with E-state index in [2.05, 4.69) is 15.3 Å². The summed E-state index contributed by atoms with van der Waals surface area (Å²) in [5.74, 6) is -0.00433. The minimum Gasteiger partial charge on any atom is -0.382 e. The number of halogens is 1. The molecule has 2 rings (SSSR count). The van der Waals surface area contributed by atoms with Crippen LogP contribution in [0.2, 0.25) is 5.02 Å². The summed E-state index contributed by atoms with van der Waals surface area (Å²) in [6, 6.07) is 1.50. The second kappa shape index (κ2) is 5.79. The Hall–Kier alpha value is -1.66. The Balaban J connectivity index is 1.89. The number of carbonyl (C=O) groups is 1. The van der Waals surface area contributed by atoms with E-state index in [4.69, 9.17) is 17.3 Å². The highest BCUT2D eigenvalue weighted by atomic mass is 35.5. The van der Waals surface area contributed by atoms with Gasteiger partial charge in [-0.2, -0.15) is 0 Å². The molecule has 0 spiro atoms. The van der Waals surface area contributed by atoms with Gasteiger partial charge in [-0.25, -0.2) is 9.97 Å². The Bertz CT molecular complexity index is 544. The molecule has 0 bridgehead atoms. The molecule has 0 aliphatic heterocycles. The molecule has 2 aromatic rings. The number of anilines is 1. The molecule has 7 heteroatoms. The Morgan fingerprint density at radius 1 is 1.50 bits per heavy atom. The number of pyridine rings is 1. The molecule has 0 saturated heterocycles. The van der Waals surface area contributed by atoms with Gasteiger partial charge in [0.2, 0.25) is 0 Å². The third-order valence-electron chi connectivity index (χ3n) is 2.28. The topological polar surface area (TPSA) is 80.9 Å². The van der Waals surface area contributed by atoms with Gasteiger partial charge in [-0.15, -0.1) is 11.3 Å². The Labute approximate surface area is 113 Å². The van der Waals surface area contributed by atoms with E-state index >= 15 is 0 Å². The second-order valence-electron chi connectivity index (χ2n) is 3.58. The lowest BCUT2D eigenvalue weighted by Gasteiger charge is -2.05. The van der Waals surface area contributed by atoms with Gasteiger partial charge in [0.15, 0.2) is 0 Å². The maximum atomic E-state index is 11.8. The fraction of sp³-hybridized carbons (Fsp3) is 0.182. The van der Waals surface area contributed by atoms with E-state index < -0.39 is 0 Å². The fourth-order valence-electron chi connectivity index (χ4n) is 1.34. The summed E-state index contributed by atoms with van der Waals surface area (Å²) in [7, 11) is 0. The molecule has 0 fully saturated rings. The molecule has 0 saturated carbocycles. The van der Waals surface area contributed by atoms with Crippen molar-refractivity contribution < 1.29 is 4.79 Å². The minimum atomic E-state index is -0.223. The van der Waals surface area contributed by atoms with Crippen LogP contribution in [0.15, 0.2) is 23.2 Å². The molecule has 2 heterocycles. The van der Waals surface area contributed by atoms with Crippen LogP contribution in [0.4, 0.5) is 5.82 Å².